The number of benzene rings is 1. The van der Waals surface area contributed by atoms with Crippen molar-refractivity contribution in [2.75, 3.05) is 0 Å². The third-order valence-corrected chi connectivity index (χ3v) is 3.44. The second-order valence-corrected chi connectivity index (χ2v) is 4.80. The number of carbonyl (C=O) groups is 1. The van der Waals surface area contributed by atoms with Crippen LogP contribution in [0.1, 0.15) is 24.8 Å². The third-order valence-electron chi connectivity index (χ3n) is 3.20. The molecule has 0 aliphatic heterocycles. The maximum absolute atomic E-state index is 13.8. The summed E-state index contributed by atoms with van der Waals surface area (Å²) in [5, 5.41) is 9.79. The highest BCUT2D eigenvalue weighted by atomic mass is 35.5. The molecule has 3 nitrogen and oxygen atoms in total. The van der Waals surface area contributed by atoms with Gasteiger partial charge in [-0.1, -0.05) is 17.7 Å². The van der Waals surface area contributed by atoms with Crippen LogP contribution >= 0.6 is 11.6 Å². The zero-order valence-electron chi connectivity index (χ0n) is 9.12. The van der Waals surface area contributed by atoms with Crippen molar-refractivity contribution >= 4 is 17.4 Å². The number of aliphatic hydroxyl groups excluding tert-OH is 1. The van der Waals surface area contributed by atoms with Gasteiger partial charge >= 0.3 is 0 Å². The van der Waals surface area contributed by atoms with Gasteiger partial charge in [0.25, 0.3) is 0 Å². The van der Waals surface area contributed by atoms with Gasteiger partial charge in [0.15, 0.2) is 5.78 Å². The van der Waals surface area contributed by atoms with Crippen LogP contribution in [0.15, 0.2) is 18.2 Å². The zero-order chi connectivity index (χ0) is 12.6. The molecule has 2 rings (SSSR count). The predicted molar refractivity (Wildman–Crippen MR) is 62.1 cm³/mol. The molecule has 1 aromatic carbocycles. The fraction of sp³-hybridized carbons (Fsp3) is 0.417. The van der Waals surface area contributed by atoms with Crippen LogP contribution in [0.5, 0.6) is 0 Å². The second-order valence-electron chi connectivity index (χ2n) is 4.37. The highest BCUT2D eigenvalue weighted by Gasteiger charge is 2.43. The standard InChI is InChI=1S/C12H13ClFNO2/c13-7-3-4-8(9(14)6-7)12(15)5-1-2-10(16)11(12)17/h3-4,6,10,16H,1-2,5,15H2. The van der Waals surface area contributed by atoms with E-state index >= 15 is 0 Å². The number of hydrogen-bond acceptors (Lipinski definition) is 3. The van der Waals surface area contributed by atoms with Crippen LogP contribution in [0.25, 0.3) is 0 Å². The van der Waals surface area contributed by atoms with E-state index in [0.29, 0.717) is 19.3 Å². The van der Waals surface area contributed by atoms with E-state index in [1.165, 1.54) is 12.1 Å². The lowest BCUT2D eigenvalue weighted by atomic mass is 9.75. The molecule has 2 unspecified atom stereocenters. The third kappa shape index (κ3) is 2.08. The summed E-state index contributed by atoms with van der Waals surface area (Å²) in [7, 11) is 0. The molecule has 0 spiro atoms. The molecule has 0 heterocycles. The summed E-state index contributed by atoms with van der Waals surface area (Å²) >= 11 is 5.65. The van der Waals surface area contributed by atoms with E-state index in [4.69, 9.17) is 17.3 Å². The number of halogens is 2. The van der Waals surface area contributed by atoms with Crippen molar-refractivity contribution in [2.24, 2.45) is 5.73 Å². The van der Waals surface area contributed by atoms with E-state index in [9.17, 15) is 14.3 Å². The minimum atomic E-state index is -1.44. The van der Waals surface area contributed by atoms with Gasteiger partial charge in [-0.25, -0.2) is 4.39 Å². The Morgan fingerprint density at radius 1 is 1.53 bits per heavy atom. The Morgan fingerprint density at radius 3 is 2.88 bits per heavy atom. The molecule has 1 saturated carbocycles. The van der Waals surface area contributed by atoms with Crippen LogP contribution in [-0.2, 0) is 10.3 Å². The Labute approximate surface area is 103 Å². The molecule has 1 aliphatic rings. The first-order chi connectivity index (χ1) is 7.95. The molecule has 0 aromatic heterocycles. The van der Waals surface area contributed by atoms with Crippen molar-refractivity contribution in [3.63, 3.8) is 0 Å². The Hall–Kier alpha value is -0.970. The SMILES string of the molecule is NC1(c2ccc(Cl)cc2F)CCCC(O)C1=O. The van der Waals surface area contributed by atoms with Crippen molar-refractivity contribution in [3.05, 3.63) is 34.6 Å². The number of carbonyl (C=O) groups excluding carboxylic acids is 1. The molecule has 92 valence electrons. The molecule has 1 fully saturated rings. The highest BCUT2D eigenvalue weighted by molar-refractivity contribution is 6.30. The van der Waals surface area contributed by atoms with Crippen LogP contribution in [0.2, 0.25) is 5.02 Å². The van der Waals surface area contributed by atoms with E-state index in [0.717, 1.165) is 6.07 Å². The molecular weight excluding hydrogens is 245 g/mol. The first kappa shape index (κ1) is 12.5. The fourth-order valence-corrected chi connectivity index (χ4v) is 2.40. The van der Waals surface area contributed by atoms with Crippen molar-refractivity contribution in [2.45, 2.75) is 30.9 Å². The summed E-state index contributed by atoms with van der Waals surface area (Å²) in [4.78, 5) is 11.9. The van der Waals surface area contributed by atoms with Crippen molar-refractivity contribution < 1.29 is 14.3 Å². The van der Waals surface area contributed by atoms with Gasteiger partial charge in [-0.15, -0.1) is 0 Å². The normalized spacial score (nSPS) is 29.4. The average molecular weight is 258 g/mol. The van der Waals surface area contributed by atoms with Gasteiger partial charge in [-0.3, -0.25) is 4.79 Å². The topological polar surface area (TPSA) is 63.3 Å². The first-order valence-electron chi connectivity index (χ1n) is 5.42. The number of hydrogen-bond donors (Lipinski definition) is 2. The summed E-state index contributed by atoms with van der Waals surface area (Å²) < 4.78 is 13.8. The second kappa shape index (κ2) is 4.37. The predicted octanol–water partition coefficient (Wildman–Crippen LogP) is 1.75. The Kier molecular flexibility index (Phi) is 3.21. The van der Waals surface area contributed by atoms with Crippen LogP contribution < -0.4 is 5.73 Å². The molecule has 0 saturated heterocycles. The van der Waals surface area contributed by atoms with Gasteiger partial charge in [0.05, 0.1) is 0 Å². The van der Waals surface area contributed by atoms with Crippen LogP contribution in [0.4, 0.5) is 4.39 Å². The summed E-state index contributed by atoms with van der Waals surface area (Å²) in [6.07, 6.45) is 0.198. The molecule has 0 bridgehead atoms. The molecule has 3 N–H and O–H groups in total. The van der Waals surface area contributed by atoms with Gasteiger partial charge in [0.1, 0.15) is 17.5 Å². The average Bonchev–Trinajstić information content (AvgIpc) is 2.25. The molecule has 2 atom stereocenters. The highest BCUT2D eigenvalue weighted by Crippen LogP contribution is 2.34. The number of Topliss-reactive ketones (excluding diaryl/α,β-unsaturated/α-hetero) is 1. The zero-order valence-corrected chi connectivity index (χ0v) is 9.88. The molecule has 17 heavy (non-hydrogen) atoms. The Bertz CT molecular complexity index is 466. The minimum absolute atomic E-state index is 0.102. The Balaban J connectivity index is 2.46. The minimum Gasteiger partial charge on any atom is -0.385 e. The number of rotatable bonds is 1. The van der Waals surface area contributed by atoms with E-state index in [-0.39, 0.29) is 10.6 Å². The van der Waals surface area contributed by atoms with Crippen molar-refractivity contribution in [1.29, 1.82) is 0 Å². The van der Waals surface area contributed by atoms with Crippen LogP contribution in [0, 0.1) is 5.82 Å². The maximum atomic E-state index is 13.8. The molecule has 0 radical (unpaired) electrons. The summed E-state index contributed by atoms with van der Waals surface area (Å²) in [5.74, 6) is -1.13. The van der Waals surface area contributed by atoms with Crippen molar-refractivity contribution in [3.8, 4) is 0 Å². The molecule has 5 heteroatoms. The van der Waals surface area contributed by atoms with E-state index in [1.807, 2.05) is 0 Å². The van der Waals surface area contributed by atoms with E-state index in [2.05, 4.69) is 0 Å². The largest absolute Gasteiger partial charge is 0.385 e. The molecule has 0 amide bonds. The summed E-state index contributed by atoms with van der Waals surface area (Å²) in [5.41, 5.74) is 4.64. The van der Waals surface area contributed by atoms with E-state index < -0.39 is 23.2 Å². The van der Waals surface area contributed by atoms with Gasteiger partial charge in [0.2, 0.25) is 0 Å². The van der Waals surface area contributed by atoms with Gasteiger partial charge in [-0.05, 0) is 31.4 Å². The number of ketones is 1. The Morgan fingerprint density at radius 2 is 2.24 bits per heavy atom. The molecule has 1 aliphatic carbocycles. The quantitative estimate of drug-likeness (QED) is 0.806. The maximum Gasteiger partial charge on any atom is 0.185 e. The lowest BCUT2D eigenvalue weighted by Crippen LogP contribution is -2.53. The molecule has 1 aromatic rings. The van der Waals surface area contributed by atoms with Gasteiger partial charge in [-0.2, -0.15) is 0 Å². The van der Waals surface area contributed by atoms with Crippen molar-refractivity contribution in [1.82, 2.24) is 0 Å². The lowest BCUT2D eigenvalue weighted by Gasteiger charge is -2.34. The molecular formula is C12H13ClFNO2. The lowest BCUT2D eigenvalue weighted by molar-refractivity contribution is -0.136. The van der Waals surface area contributed by atoms with E-state index in [1.54, 1.807) is 0 Å². The number of aliphatic hydroxyl groups is 1. The first-order valence-corrected chi connectivity index (χ1v) is 5.80. The summed E-state index contributed by atoms with van der Waals surface area (Å²) in [6, 6.07) is 4.02. The van der Waals surface area contributed by atoms with Crippen LogP contribution in [0.3, 0.4) is 0 Å². The fourth-order valence-electron chi connectivity index (χ4n) is 2.24. The summed E-state index contributed by atoms with van der Waals surface area (Å²) in [6.45, 7) is 0. The van der Waals surface area contributed by atoms with Crippen LogP contribution in [-0.4, -0.2) is 17.0 Å². The van der Waals surface area contributed by atoms with Gasteiger partial charge < -0.3 is 10.8 Å². The van der Waals surface area contributed by atoms with Gasteiger partial charge in [0, 0.05) is 10.6 Å². The smallest absolute Gasteiger partial charge is 0.185 e. The monoisotopic (exact) mass is 257 g/mol. The number of nitrogens with two attached hydrogens (primary N) is 1.